The number of ether oxygens (including phenoxy) is 1. The topological polar surface area (TPSA) is 93.5 Å². The summed E-state index contributed by atoms with van der Waals surface area (Å²) in [6.07, 6.45) is 1.38. The predicted octanol–water partition coefficient (Wildman–Crippen LogP) is 1.97. The molecule has 2 amide bonds. The van der Waals surface area contributed by atoms with Crippen LogP contribution in [0.25, 0.3) is 0 Å². The third-order valence-electron chi connectivity index (χ3n) is 3.29. The maximum absolute atomic E-state index is 11.9. The Kier molecular flexibility index (Phi) is 4.12. The fourth-order valence-electron chi connectivity index (χ4n) is 1.91. The van der Waals surface area contributed by atoms with Crippen molar-refractivity contribution in [3.05, 3.63) is 12.1 Å². The highest BCUT2D eigenvalue weighted by Crippen LogP contribution is 2.35. The minimum Gasteiger partial charge on any atom is -0.482 e. The van der Waals surface area contributed by atoms with Gasteiger partial charge < -0.3 is 21.1 Å². The van der Waals surface area contributed by atoms with Crippen LogP contribution in [-0.4, -0.2) is 18.4 Å². The van der Waals surface area contributed by atoms with Crippen LogP contribution < -0.4 is 21.1 Å². The van der Waals surface area contributed by atoms with Gasteiger partial charge in [-0.2, -0.15) is 0 Å². The van der Waals surface area contributed by atoms with E-state index in [-0.39, 0.29) is 18.4 Å². The van der Waals surface area contributed by atoms with Gasteiger partial charge >= 0.3 is 0 Å². The van der Waals surface area contributed by atoms with Gasteiger partial charge in [-0.15, -0.1) is 0 Å². The summed E-state index contributed by atoms with van der Waals surface area (Å²) in [5.41, 5.74) is 7.31. The van der Waals surface area contributed by atoms with E-state index >= 15 is 0 Å². The van der Waals surface area contributed by atoms with Gasteiger partial charge in [0.05, 0.1) is 17.1 Å². The SMILES string of the molecule is CCC(C)CC(=O)Nc1cc2c(cc1N)OCC(=O)N2. The number of hydrogen-bond donors (Lipinski definition) is 3. The lowest BCUT2D eigenvalue weighted by atomic mass is 10.0. The molecule has 1 aliphatic heterocycles. The molecule has 0 bridgehead atoms. The molecule has 1 unspecified atom stereocenters. The first-order valence-electron chi connectivity index (χ1n) is 6.65. The second-order valence-electron chi connectivity index (χ2n) is 5.04. The highest BCUT2D eigenvalue weighted by molar-refractivity contribution is 6.00. The first-order chi connectivity index (χ1) is 9.49. The third-order valence-corrected chi connectivity index (χ3v) is 3.29. The fraction of sp³-hybridized carbons (Fsp3) is 0.429. The quantitative estimate of drug-likeness (QED) is 0.733. The lowest BCUT2D eigenvalue weighted by molar-refractivity contribution is -0.118. The molecule has 1 aromatic carbocycles. The van der Waals surface area contributed by atoms with Crippen LogP contribution in [0.1, 0.15) is 26.7 Å². The first kappa shape index (κ1) is 14.2. The Morgan fingerprint density at radius 3 is 3.00 bits per heavy atom. The van der Waals surface area contributed by atoms with Crippen LogP contribution >= 0.6 is 0 Å². The molecule has 0 saturated heterocycles. The molecule has 108 valence electrons. The summed E-state index contributed by atoms with van der Waals surface area (Å²) >= 11 is 0. The van der Waals surface area contributed by atoms with Crippen LogP contribution in [0.5, 0.6) is 5.75 Å². The number of nitrogen functional groups attached to an aromatic ring is 1. The van der Waals surface area contributed by atoms with Crippen molar-refractivity contribution in [1.29, 1.82) is 0 Å². The normalized spacial score (nSPS) is 14.8. The average Bonchev–Trinajstić information content (AvgIpc) is 2.40. The number of benzene rings is 1. The number of hydrogen-bond acceptors (Lipinski definition) is 4. The molecule has 0 radical (unpaired) electrons. The Bertz CT molecular complexity index is 543. The van der Waals surface area contributed by atoms with Crippen molar-refractivity contribution in [2.45, 2.75) is 26.7 Å². The summed E-state index contributed by atoms with van der Waals surface area (Å²) in [4.78, 5) is 23.2. The van der Waals surface area contributed by atoms with Crippen LogP contribution in [0.4, 0.5) is 17.1 Å². The average molecular weight is 277 g/mol. The Morgan fingerprint density at radius 1 is 1.55 bits per heavy atom. The molecule has 1 aliphatic rings. The van der Waals surface area contributed by atoms with Crippen LogP contribution in [0.2, 0.25) is 0 Å². The summed E-state index contributed by atoms with van der Waals surface area (Å²) in [7, 11) is 0. The molecule has 0 saturated carbocycles. The largest absolute Gasteiger partial charge is 0.482 e. The number of fused-ring (bicyclic) bond motifs is 1. The molecule has 0 aromatic heterocycles. The van der Waals surface area contributed by atoms with Crippen LogP contribution in [0.15, 0.2) is 12.1 Å². The van der Waals surface area contributed by atoms with Gasteiger partial charge in [-0.25, -0.2) is 0 Å². The molecule has 4 N–H and O–H groups in total. The van der Waals surface area contributed by atoms with Crippen molar-refractivity contribution < 1.29 is 14.3 Å². The molecule has 20 heavy (non-hydrogen) atoms. The van der Waals surface area contributed by atoms with Gasteiger partial charge in [0.25, 0.3) is 5.91 Å². The highest BCUT2D eigenvalue weighted by Gasteiger charge is 2.19. The van der Waals surface area contributed by atoms with E-state index in [4.69, 9.17) is 10.5 Å². The van der Waals surface area contributed by atoms with Gasteiger partial charge in [0.2, 0.25) is 5.91 Å². The molecule has 0 spiro atoms. The van der Waals surface area contributed by atoms with Crippen molar-refractivity contribution >= 4 is 28.9 Å². The lowest BCUT2D eigenvalue weighted by Crippen LogP contribution is -2.26. The summed E-state index contributed by atoms with van der Waals surface area (Å²) < 4.78 is 5.25. The minimum absolute atomic E-state index is 0.0217. The molecular formula is C14H19N3O3. The number of nitrogens with one attached hydrogen (secondary N) is 2. The molecule has 2 rings (SSSR count). The zero-order valence-electron chi connectivity index (χ0n) is 11.7. The predicted molar refractivity (Wildman–Crippen MR) is 77.7 cm³/mol. The number of rotatable bonds is 4. The van der Waals surface area contributed by atoms with Gasteiger partial charge in [-0.05, 0) is 12.0 Å². The Balaban J connectivity index is 2.14. The maximum Gasteiger partial charge on any atom is 0.262 e. The summed E-state index contributed by atoms with van der Waals surface area (Å²) in [5.74, 6) is 0.520. The van der Waals surface area contributed by atoms with E-state index in [1.165, 1.54) is 0 Å². The van der Waals surface area contributed by atoms with E-state index in [1.54, 1.807) is 12.1 Å². The molecule has 6 nitrogen and oxygen atoms in total. The van der Waals surface area contributed by atoms with Gasteiger partial charge in [0, 0.05) is 12.5 Å². The van der Waals surface area contributed by atoms with Gasteiger partial charge in [0.15, 0.2) is 6.61 Å². The number of carbonyl (C=O) groups excluding carboxylic acids is 2. The Labute approximate surface area is 117 Å². The van der Waals surface area contributed by atoms with Gasteiger partial charge in [0.1, 0.15) is 5.75 Å². The number of amides is 2. The molecular weight excluding hydrogens is 258 g/mol. The van der Waals surface area contributed by atoms with E-state index in [2.05, 4.69) is 10.6 Å². The van der Waals surface area contributed by atoms with Crippen molar-refractivity contribution in [2.75, 3.05) is 23.0 Å². The van der Waals surface area contributed by atoms with E-state index in [1.807, 2.05) is 13.8 Å². The number of nitrogens with two attached hydrogens (primary N) is 1. The first-order valence-corrected chi connectivity index (χ1v) is 6.65. The summed E-state index contributed by atoms with van der Waals surface area (Å²) in [6, 6.07) is 3.23. The van der Waals surface area contributed by atoms with E-state index in [0.717, 1.165) is 6.42 Å². The Morgan fingerprint density at radius 2 is 2.30 bits per heavy atom. The second-order valence-corrected chi connectivity index (χ2v) is 5.04. The van der Waals surface area contributed by atoms with Crippen molar-refractivity contribution in [3.8, 4) is 5.75 Å². The fourth-order valence-corrected chi connectivity index (χ4v) is 1.91. The second kappa shape index (κ2) is 5.81. The number of anilines is 3. The highest BCUT2D eigenvalue weighted by atomic mass is 16.5. The molecule has 1 heterocycles. The molecule has 6 heteroatoms. The Hall–Kier alpha value is -2.24. The third kappa shape index (κ3) is 3.20. The molecule has 1 aromatic rings. The van der Waals surface area contributed by atoms with Crippen molar-refractivity contribution in [2.24, 2.45) is 5.92 Å². The van der Waals surface area contributed by atoms with Crippen LogP contribution in [0, 0.1) is 5.92 Å². The molecule has 1 atom stereocenters. The standard InChI is InChI=1S/C14H19N3O3/c1-3-8(2)4-13(18)16-10-6-11-12(5-9(10)15)20-7-14(19)17-11/h5-6,8H,3-4,7,15H2,1-2H3,(H,16,18)(H,17,19). The zero-order chi connectivity index (χ0) is 14.7. The van der Waals surface area contributed by atoms with Crippen LogP contribution in [0.3, 0.4) is 0 Å². The van der Waals surface area contributed by atoms with Crippen LogP contribution in [-0.2, 0) is 9.59 Å². The number of carbonyl (C=O) groups is 2. The van der Waals surface area contributed by atoms with Crippen molar-refractivity contribution in [3.63, 3.8) is 0 Å². The summed E-state index contributed by atoms with van der Waals surface area (Å²) in [5, 5.41) is 5.45. The van der Waals surface area contributed by atoms with E-state index in [0.29, 0.717) is 35.2 Å². The van der Waals surface area contributed by atoms with E-state index in [9.17, 15) is 9.59 Å². The van der Waals surface area contributed by atoms with E-state index < -0.39 is 0 Å². The van der Waals surface area contributed by atoms with Gasteiger partial charge in [-0.1, -0.05) is 20.3 Å². The minimum atomic E-state index is -0.223. The molecule has 0 fully saturated rings. The summed E-state index contributed by atoms with van der Waals surface area (Å²) in [6.45, 7) is 4.04. The molecule has 0 aliphatic carbocycles. The smallest absolute Gasteiger partial charge is 0.262 e. The lowest BCUT2D eigenvalue weighted by Gasteiger charge is -2.20. The zero-order valence-corrected chi connectivity index (χ0v) is 11.7. The van der Waals surface area contributed by atoms with Gasteiger partial charge in [-0.3, -0.25) is 9.59 Å². The maximum atomic E-state index is 11.9. The monoisotopic (exact) mass is 277 g/mol. The van der Waals surface area contributed by atoms with Crippen molar-refractivity contribution in [1.82, 2.24) is 0 Å².